The first-order chi connectivity index (χ1) is 8.18. The van der Waals surface area contributed by atoms with Crippen LogP contribution in [0.4, 0.5) is 11.4 Å². The molecule has 3 nitrogen and oxygen atoms in total. The van der Waals surface area contributed by atoms with Crippen molar-refractivity contribution in [2.75, 3.05) is 17.6 Å². The maximum absolute atomic E-state index is 6.08. The Hall–Kier alpha value is -1.26. The molecule has 2 aromatic rings. The Bertz CT molecular complexity index is 464. The number of hydrogen-bond acceptors (Lipinski definition) is 4. The number of halogens is 1. The van der Waals surface area contributed by atoms with Crippen LogP contribution in [0.25, 0.3) is 0 Å². The minimum absolute atomic E-state index is 0.339. The maximum Gasteiger partial charge on any atom is 0.0970 e. The fraction of sp³-hybridized carbons (Fsp3) is 0.250. The summed E-state index contributed by atoms with van der Waals surface area (Å²) in [5.74, 6) is 0.339. The third-order valence-electron chi connectivity index (χ3n) is 2.50. The first kappa shape index (κ1) is 12.2. The zero-order valence-electron chi connectivity index (χ0n) is 9.48. The Morgan fingerprint density at radius 1 is 1.53 bits per heavy atom. The van der Waals surface area contributed by atoms with E-state index in [1.165, 1.54) is 0 Å². The molecule has 0 aliphatic rings. The van der Waals surface area contributed by atoms with Crippen molar-refractivity contribution in [3.63, 3.8) is 0 Å². The highest BCUT2D eigenvalue weighted by molar-refractivity contribution is 7.09. The predicted octanol–water partition coefficient (Wildman–Crippen LogP) is 3.59. The molecule has 1 unspecified atom stereocenters. The summed E-state index contributed by atoms with van der Waals surface area (Å²) in [6.45, 7) is 2.89. The van der Waals surface area contributed by atoms with Gasteiger partial charge in [0.2, 0.25) is 0 Å². The number of anilines is 2. The molecule has 0 amide bonds. The van der Waals surface area contributed by atoms with E-state index in [1.807, 2.05) is 29.8 Å². The van der Waals surface area contributed by atoms with E-state index in [0.29, 0.717) is 16.6 Å². The minimum atomic E-state index is 0.339. The van der Waals surface area contributed by atoms with Gasteiger partial charge in [0.05, 0.1) is 21.4 Å². The van der Waals surface area contributed by atoms with Gasteiger partial charge in [-0.2, -0.15) is 0 Å². The van der Waals surface area contributed by atoms with Crippen molar-refractivity contribution in [2.24, 2.45) is 0 Å². The number of para-hydroxylation sites is 1. The third kappa shape index (κ3) is 2.90. The van der Waals surface area contributed by atoms with E-state index in [0.717, 1.165) is 17.2 Å². The summed E-state index contributed by atoms with van der Waals surface area (Å²) in [4.78, 5) is 4.29. The van der Waals surface area contributed by atoms with E-state index in [2.05, 4.69) is 17.2 Å². The van der Waals surface area contributed by atoms with Gasteiger partial charge < -0.3 is 11.1 Å². The molecule has 0 aliphatic heterocycles. The molecule has 1 aromatic carbocycles. The van der Waals surface area contributed by atoms with E-state index in [1.54, 1.807) is 11.3 Å². The molecule has 17 heavy (non-hydrogen) atoms. The molecule has 1 atom stereocenters. The van der Waals surface area contributed by atoms with Crippen molar-refractivity contribution in [1.29, 1.82) is 0 Å². The molecule has 5 heteroatoms. The van der Waals surface area contributed by atoms with Crippen LogP contribution in [-0.2, 0) is 0 Å². The molecule has 0 spiro atoms. The summed E-state index contributed by atoms with van der Waals surface area (Å²) in [5.41, 5.74) is 7.34. The second-order valence-electron chi connectivity index (χ2n) is 3.86. The number of nitrogens with two attached hydrogens (primary N) is 1. The Labute approximate surface area is 110 Å². The largest absolute Gasteiger partial charge is 0.397 e. The molecular formula is C12H14ClN3S. The summed E-state index contributed by atoms with van der Waals surface area (Å²) >= 11 is 7.74. The molecule has 90 valence electrons. The lowest BCUT2D eigenvalue weighted by Gasteiger charge is -2.14. The first-order valence-corrected chi connectivity index (χ1v) is 6.61. The van der Waals surface area contributed by atoms with Gasteiger partial charge >= 0.3 is 0 Å². The van der Waals surface area contributed by atoms with Crippen LogP contribution < -0.4 is 11.1 Å². The van der Waals surface area contributed by atoms with Gasteiger partial charge in [-0.1, -0.05) is 24.6 Å². The number of benzene rings is 1. The van der Waals surface area contributed by atoms with Crippen LogP contribution in [-0.4, -0.2) is 11.5 Å². The van der Waals surface area contributed by atoms with Crippen LogP contribution in [0.1, 0.15) is 17.8 Å². The summed E-state index contributed by atoms with van der Waals surface area (Å²) in [6.07, 6.45) is 1.82. The van der Waals surface area contributed by atoms with Gasteiger partial charge in [-0.05, 0) is 12.1 Å². The summed E-state index contributed by atoms with van der Waals surface area (Å²) in [7, 11) is 0. The van der Waals surface area contributed by atoms with Crippen LogP contribution in [0.15, 0.2) is 29.8 Å². The lowest BCUT2D eigenvalue weighted by molar-refractivity contribution is 0.795. The number of hydrogen-bond donors (Lipinski definition) is 2. The fourth-order valence-corrected chi connectivity index (χ4v) is 2.49. The van der Waals surface area contributed by atoms with Gasteiger partial charge in [-0.15, -0.1) is 11.3 Å². The standard InChI is InChI=1S/C12H14ClN3S/c1-8(12-15-5-6-17-12)7-16-11-9(13)3-2-4-10(11)14/h2-6,8,16H,7,14H2,1H3. The zero-order valence-corrected chi connectivity index (χ0v) is 11.1. The van der Waals surface area contributed by atoms with Crippen molar-refractivity contribution >= 4 is 34.3 Å². The maximum atomic E-state index is 6.08. The molecule has 0 saturated heterocycles. The molecule has 0 saturated carbocycles. The van der Waals surface area contributed by atoms with Crippen molar-refractivity contribution in [1.82, 2.24) is 4.98 Å². The molecule has 0 aliphatic carbocycles. The second-order valence-corrected chi connectivity index (χ2v) is 5.19. The molecule has 1 heterocycles. The van der Waals surface area contributed by atoms with E-state index in [4.69, 9.17) is 17.3 Å². The van der Waals surface area contributed by atoms with E-state index >= 15 is 0 Å². The molecule has 2 rings (SSSR count). The van der Waals surface area contributed by atoms with Gasteiger partial charge in [-0.25, -0.2) is 4.98 Å². The number of nitrogens with one attached hydrogen (secondary N) is 1. The van der Waals surface area contributed by atoms with Crippen molar-refractivity contribution < 1.29 is 0 Å². The summed E-state index contributed by atoms with van der Waals surface area (Å²) < 4.78 is 0. The van der Waals surface area contributed by atoms with Crippen LogP contribution in [0.3, 0.4) is 0 Å². The predicted molar refractivity (Wildman–Crippen MR) is 74.9 cm³/mol. The number of rotatable bonds is 4. The number of aromatic nitrogens is 1. The normalized spacial score (nSPS) is 12.4. The highest BCUT2D eigenvalue weighted by Gasteiger charge is 2.10. The lowest BCUT2D eigenvalue weighted by atomic mass is 10.2. The summed E-state index contributed by atoms with van der Waals surface area (Å²) in [6, 6.07) is 5.50. The minimum Gasteiger partial charge on any atom is -0.397 e. The third-order valence-corrected chi connectivity index (χ3v) is 3.83. The average Bonchev–Trinajstić information content (AvgIpc) is 2.81. The zero-order chi connectivity index (χ0) is 12.3. The smallest absolute Gasteiger partial charge is 0.0970 e. The highest BCUT2D eigenvalue weighted by Crippen LogP contribution is 2.28. The van der Waals surface area contributed by atoms with Gasteiger partial charge in [0.15, 0.2) is 0 Å². The van der Waals surface area contributed by atoms with E-state index in [9.17, 15) is 0 Å². The van der Waals surface area contributed by atoms with Crippen LogP contribution >= 0.6 is 22.9 Å². The van der Waals surface area contributed by atoms with Gasteiger partial charge in [0, 0.05) is 24.0 Å². The average molecular weight is 268 g/mol. The number of nitrogens with zero attached hydrogens (tertiary/aromatic N) is 1. The molecule has 3 N–H and O–H groups in total. The molecule has 1 aromatic heterocycles. The van der Waals surface area contributed by atoms with Crippen molar-refractivity contribution in [2.45, 2.75) is 12.8 Å². The highest BCUT2D eigenvalue weighted by atomic mass is 35.5. The van der Waals surface area contributed by atoms with Crippen LogP contribution in [0.5, 0.6) is 0 Å². The second kappa shape index (κ2) is 5.38. The Kier molecular flexibility index (Phi) is 3.86. The van der Waals surface area contributed by atoms with E-state index in [-0.39, 0.29) is 0 Å². The van der Waals surface area contributed by atoms with Crippen molar-refractivity contribution in [3.8, 4) is 0 Å². The Morgan fingerprint density at radius 2 is 2.35 bits per heavy atom. The lowest BCUT2D eigenvalue weighted by Crippen LogP contribution is -2.11. The molecular weight excluding hydrogens is 254 g/mol. The molecule has 0 bridgehead atoms. The monoisotopic (exact) mass is 267 g/mol. The first-order valence-electron chi connectivity index (χ1n) is 5.35. The Morgan fingerprint density at radius 3 is 3.00 bits per heavy atom. The SMILES string of the molecule is CC(CNc1c(N)cccc1Cl)c1nccs1. The van der Waals surface area contributed by atoms with Gasteiger partial charge in [0.25, 0.3) is 0 Å². The molecule has 0 fully saturated rings. The molecule has 0 radical (unpaired) electrons. The number of thiazole rings is 1. The van der Waals surface area contributed by atoms with Gasteiger partial charge in [0.1, 0.15) is 0 Å². The van der Waals surface area contributed by atoms with Crippen LogP contribution in [0, 0.1) is 0 Å². The van der Waals surface area contributed by atoms with Crippen LogP contribution in [0.2, 0.25) is 5.02 Å². The summed E-state index contributed by atoms with van der Waals surface area (Å²) in [5, 5.41) is 7.02. The Balaban J connectivity index is 2.03. The topological polar surface area (TPSA) is 50.9 Å². The van der Waals surface area contributed by atoms with Gasteiger partial charge in [-0.3, -0.25) is 0 Å². The number of nitrogen functional groups attached to an aromatic ring is 1. The van der Waals surface area contributed by atoms with E-state index < -0.39 is 0 Å². The fourth-order valence-electron chi connectivity index (χ4n) is 1.55. The van der Waals surface area contributed by atoms with Crippen molar-refractivity contribution in [3.05, 3.63) is 39.8 Å². The quantitative estimate of drug-likeness (QED) is 0.833.